The summed E-state index contributed by atoms with van der Waals surface area (Å²) in [6, 6.07) is 3.51. The topological polar surface area (TPSA) is 66.4 Å². The van der Waals surface area contributed by atoms with Gasteiger partial charge in [0, 0.05) is 6.42 Å². The number of halogens is 4. The van der Waals surface area contributed by atoms with E-state index in [1.54, 1.807) is 0 Å². The van der Waals surface area contributed by atoms with Crippen molar-refractivity contribution in [2.75, 3.05) is 5.32 Å². The Morgan fingerprint density at radius 1 is 1.32 bits per heavy atom. The summed E-state index contributed by atoms with van der Waals surface area (Å²) in [7, 11) is 0. The Morgan fingerprint density at radius 3 is 2.42 bits per heavy atom. The average Bonchev–Trinajstić information content (AvgIpc) is 2.28. The monoisotopic (exact) mass is 295 g/mol. The highest BCUT2D eigenvalue weighted by molar-refractivity contribution is 6.34. The molecular formula is C11H9ClF3NO3. The Bertz CT molecular complexity index is 502. The summed E-state index contributed by atoms with van der Waals surface area (Å²) < 4.78 is 35.7. The number of carboxylic acid groups (broad SMARTS) is 1. The van der Waals surface area contributed by atoms with E-state index in [1.165, 1.54) is 12.1 Å². The van der Waals surface area contributed by atoms with Crippen molar-refractivity contribution in [3.05, 3.63) is 28.8 Å². The first-order valence-electron chi connectivity index (χ1n) is 5.08. The molecule has 0 bridgehead atoms. The van der Waals surface area contributed by atoms with Crippen LogP contribution in [0.5, 0.6) is 0 Å². The number of anilines is 1. The van der Waals surface area contributed by atoms with E-state index in [0.29, 0.717) is 0 Å². The number of carbonyl (C=O) groups excluding carboxylic acids is 1. The van der Waals surface area contributed by atoms with Gasteiger partial charge < -0.3 is 10.4 Å². The summed E-state index contributed by atoms with van der Waals surface area (Å²) in [6.45, 7) is 0. The van der Waals surface area contributed by atoms with E-state index in [9.17, 15) is 22.8 Å². The van der Waals surface area contributed by atoms with Gasteiger partial charge in [0.05, 0.1) is 22.7 Å². The highest BCUT2D eigenvalue weighted by Gasteiger charge is 2.28. The van der Waals surface area contributed by atoms with Crippen LogP contribution in [0, 0.1) is 0 Å². The Kier molecular flexibility index (Phi) is 4.77. The zero-order valence-electron chi connectivity index (χ0n) is 9.42. The van der Waals surface area contributed by atoms with Gasteiger partial charge in [0.15, 0.2) is 0 Å². The molecule has 4 nitrogen and oxygen atoms in total. The van der Waals surface area contributed by atoms with Gasteiger partial charge in [-0.05, 0) is 18.2 Å². The van der Waals surface area contributed by atoms with Gasteiger partial charge in [0.2, 0.25) is 5.91 Å². The molecule has 1 amide bonds. The number of hydrogen-bond donors (Lipinski definition) is 2. The molecule has 104 valence electrons. The number of benzene rings is 1. The van der Waals surface area contributed by atoms with Gasteiger partial charge >= 0.3 is 12.1 Å². The quantitative estimate of drug-likeness (QED) is 0.895. The van der Waals surface area contributed by atoms with E-state index < -0.39 is 30.9 Å². The molecule has 0 radical (unpaired) electrons. The summed E-state index contributed by atoms with van der Waals surface area (Å²) in [6.07, 6.45) is -6.36. The fraction of sp³-hybridized carbons (Fsp3) is 0.273. The Morgan fingerprint density at radius 2 is 1.95 bits per heavy atom. The van der Waals surface area contributed by atoms with Gasteiger partial charge in [-0.15, -0.1) is 0 Å². The van der Waals surface area contributed by atoms with Crippen molar-refractivity contribution in [1.82, 2.24) is 0 Å². The number of nitrogens with one attached hydrogen (secondary N) is 1. The fourth-order valence-electron chi connectivity index (χ4n) is 1.22. The summed E-state index contributed by atoms with van der Waals surface area (Å²) in [5.74, 6) is -2.04. The number of alkyl halides is 3. The van der Waals surface area contributed by atoms with Crippen LogP contribution in [0.2, 0.25) is 5.02 Å². The minimum atomic E-state index is -4.41. The average molecular weight is 296 g/mol. The van der Waals surface area contributed by atoms with Crippen molar-refractivity contribution < 1.29 is 27.9 Å². The normalized spacial score (nSPS) is 11.2. The molecule has 0 atom stereocenters. The summed E-state index contributed by atoms with van der Waals surface area (Å²) in [5, 5.41) is 10.8. The van der Waals surface area contributed by atoms with Crippen molar-refractivity contribution in [2.24, 2.45) is 0 Å². The molecule has 2 N–H and O–H groups in total. The van der Waals surface area contributed by atoms with Crippen LogP contribution in [0.1, 0.15) is 23.2 Å². The van der Waals surface area contributed by atoms with Crippen LogP contribution in [0.15, 0.2) is 18.2 Å². The summed E-state index contributed by atoms with van der Waals surface area (Å²) >= 11 is 5.71. The van der Waals surface area contributed by atoms with Crippen molar-refractivity contribution in [1.29, 1.82) is 0 Å². The molecule has 0 spiro atoms. The molecule has 0 saturated heterocycles. The number of hydrogen-bond acceptors (Lipinski definition) is 2. The number of rotatable bonds is 4. The standard InChI is InChI=1S/C11H9ClF3NO3/c12-7-5-6(10(18)19)1-2-8(7)16-9(17)3-4-11(13,14)15/h1-2,5H,3-4H2,(H,16,17)(H,18,19). The predicted octanol–water partition coefficient (Wildman–Crippen LogP) is 3.32. The highest BCUT2D eigenvalue weighted by atomic mass is 35.5. The SMILES string of the molecule is O=C(CCC(F)(F)F)Nc1ccc(C(=O)O)cc1Cl. The van der Waals surface area contributed by atoms with E-state index >= 15 is 0 Å². The Balaban J connectivity index is 2.67. The zero-order chi connectivity index (χ0) is 14.6. The molecule has 0 aliphatic carbocycles. The first-order chi connectivity index (χ1) is 8.69. The lowest BCUT2D eigenvalue weighted by molar-refractivity contribution is -0.142. The second-order valence-electron chi connectivity index (χ2n) is 3.66. The molecule has 1 rings (SSSR count). The predicted molar refractivity (Wildman–Crippen MR) is 62.3 cm³/mol. The molecule has 1 aromatic rings. The van der Waals surface area contributed by atoms with Gasteiger partial charge in [-0.1, -0.05) is 11.6 Å². The van der Waals surface area contributed by atoms with Crippen LogP contribution in [0.3, 0.4) is 0 Å². The van der Waals surface area contributed by atoms with Crippen molar-refractivity contribution in [3.63, 3.8) is 0 Å². The van der Waals surface area contributed by atoms with Crippen LogP contribution in [-0.2, 0) is 4.79 Å². The van der Waals surface area contributed by atoms with E-state index in [4.69, 9.17) is 16.7 Å². The van der Waals surface area contributed by atoms with E-state index in [0.717, 1.165) is 6.07 Å². The van der Waals surface area contributed by atoms with Crippen LogP contribution < -0.4 is 5.32 Å². The summed E-state index contributed by atoms with van der Waals surface area (Å²) in [4.78, 5) is 21.9. The molecule has 0 saturated carbocycles. The molecule has 0 fully saturated rings. The highest BCUT2D eigenvalue weighted by Crippen LogP contribution is 2.25. The van der Waals surface area contributed by atoms with Crippen molar-refractivity contribution in [3.8, 4) is 0 Å². The van der Waals surface area contributed by atoms with E-state index in [2.05, 4.69) is 5.32 Å². The lowest BCUT2D eigenvalue weighted by Crippen LogP contribution is -2.16. The first-order valence-corrected chi connectivity index (χ1v) is 5.46. The minimum absolute atomic E-state index is 0.0553. The Labute approximate surface area is 111 Å². The fourth-order valence-corrected chi connectivity index (χ4v) is 1.45. The number of aromatic carboxylic acids is 1. The third kappa shape index (κ3) is 5.17. The van der Waals surface area contributed by atoms with Crippen molar-refractivity contribution >= 4 is 29.2 Å². The lowest BCUT2D eigenvalue weighted by atomic mass is 10.2. The third-order valence-corrected chi connectivity index (χ3v) is 2.44. The van der Waals surface area contributed by atoms with Gasteiger partial charge in [-0.25, -0.2) is 4.79 Å². The van der Waals surface area contributed by atoms with Gasteiger partial charge in [-0.3, -0.25) is 4.79 Å². The zero-order valence-corrected chi connectivity index (χ0v) is 10.2. The third-order valence-electron chi connectivity index (χ3n) is 2.13. The van der Waals surface area contributed by atoms with Crippen LogP contribution in [-0.4, -0.2) is 23.2 Å². The van der Waals surface area contributed by atoms with Crippen LogP contribution in [0.25, 0.3) is 0 Å². The number of amides is 1. The van der Waals surface area contributed by atoms with Crippen LogP contribution in [0.4, 0.5) is 18.9 Å². The maximum atomic E-state index is 11.9. The maximum absolute atomic E-state index is 11.9. The minimum Gasteiger partial charge on any atom is -0.478 e. The molecule has 0 heterocycles. The first kappa shape index (κ1) is 15.3. The van der Waals surface area contributed by atoms with Crippen LogP contribution >= 0.6 is 11.6 Å². The van der Waals surface area contributed by atoms with E-state index in [-0.39, 0.29) is 16.3 Å². The van der Waals surface area contributed by atoms with Gasteiger partial charge in [0.1, 0.15) is 0 Å². The number of carbonyl (C=O) groups is 2. The molecule has 0 aromatic heterocycles. The van der Waals surface area contributed by atoms with Crippen molar-refractivity contribution in [2.45, 2.75) is 19.0 Å². The molecule has 0 unspecified atom stereocenters. The maximum Gasteiger partial charge on any atom is 0.389 e. The smallest absolute Gasteiger partial charge is 0.389 e. The molecule has 0 aliphatic rings. The Hall–Kier alpha value is -1.76. The molecular weight excluding hydrogens is 287 g/mol. The van der Waals surface area contributed by atoms with Gasteiger partial charge in [-0.2, -0.15) is 13.2 Å². The largest absolute Gasteiger partial charge is 0.478 e. The lowest BCUT2D eigenvalue weighted by Gasteiger charge is -2.09. The number of carboxylic acids is 1. The van der Waals surface area contributed by atoms with E-state index in [1.807, 2.05) is 0 Å². The molecule has 1 aromatic carbocycles. The second-order valence-corrected chi connectivity index (χ2v) is 4.07. The summed E-state index contributed by atoms with van der Waals surface area (Å²) in [5.41, 5.74) is -0.0165. The molecule has 8 heteroatoms. The molecule has 19 heavy (non-hydrogen) atoms. The molecule has 0 aliphatic heterocycles. The van der Waals surface area contributed by atoms with Gasteiger partial charge in [0.25, 0.3) is 0 Å². The second kappa shape index (κ2) is 5.92.